The van der Waals surface area contributed by atoms with Crippen LogP contribution < -0.4 is 15.5 Å². The predicted octanol–water partition coefficient (Wildman–Crippen LogP) is 5.20. The van der Waals surface area contributed by atoms with Gasteiger partial charge in [0, 0.05) is 62.4 Å². The summed E-state index contributed by atoms with van der Waals surface area (Å²) in [5.74, 6) is 0.0905. The molecule has 8 heteroatoms. The number of piperazine rings is 1. The van der Waals surface area contributed by atoms with Crippen molar-refractivity contribution in [1.29, 1.82) is 0 Å². The topological polar surface area (TPSA) is 68.3 Å². The van der Waals surface area contributed by atoms with Crippen molar-refractivity contribution in [3.05, 3.63) is 70.9 Å². The molecule has 0 atom stereocenters. The van der Waals surface area contributed by atoms with Crippen molar-refractivity contribution < 1.29 is 4.79 Å². The summed E-state index contributed by atoms with van der Waals surface area (Å²) in [7, 11) is 1.88. The van der Waals surface area contributed by atoms with Gasteiger partial charge in [0.05, 0.1) is 22.9 Å². The second-order valence-electron chi connectivity index (χ2n) is 10.3. The number of benzene rings is 2. The van der Waals surface area contributed by atoms with E-state index in [9.17, 15) is 9.59 Å². The number of aromatic nitrogens is 4. The lowest BCUT2D eigenvalue weighted by Gasteiger charge is -2.37. The molecular weight excluding hydrogens is 476 g/mol. The van der Waals surface area contributed by atoms with Gasteiger partial charge in [0.25, 0.3) is 0 Å². The first-order chi connectivity index (χ1) is 18.4. The van der Waals surface area contributed by atoms with Gasteiger partial charge in [0.15, 0.2) is 5.78 Å². The van der Waals surface area contributed by atoms with E-state index in [-0.39, 0.29) is 17.5 Å². The summed E-state index contributed by atoms with van der Waals surface area (Å²) in [4.78, 5) is 30.3. The van der Waals surface area contributed by atoms with Gasteiger partial charge in [0.1, 0.15) is 0 Å². The molecule has 0 spiro atoms. The van der Waals surface area contributed by atoms with Gasteiger partial charge in [-0.15, -0.1) is 0 Å². The number of hydrogen-bond acceptors (Lipinski definition) is 5. The molecule has 0 saturated carbocycles. The molecule has 1 saturated heterocycles. The Morgan fingerprint density at radius 3 is 2.03 bits per heavy atom. The third kappa shape index (κ3) is 4.87. The molecule has 4 aromatic rings. The fraction of sp³-hybridized carbons (Fsp3) is 0.433. The molecule has 3 heterocycles. The van der Waals surface area contributed by atoms with E-state index < -0.39 is 0 Å². The Labute approximate surface area is 224 Å². The fourth-order valence-corrected chi connectivity index (χ4v) is 5.73. The zero-order valence-electron chi connectivity index (χ0n) is 22.9. The molecule has 38 heavy (non-hydrogen) atoms. The van der Waals surface area contributed by atoms with Crippen molar-refractivity contribution >= 4 is 28.2 Å². The van der Waals surface area contributed by atoms with Crippen molar-refractivity contribution in [2.24, 2.45) is 7.05 Å². The third-order valence-corrected chi connectivity index (χ3v) is 7.70. The molecule has 0 unspecified atom stereocenters. The van der Waals surface area contributed by atoms with E-state index in [0.717, 1.165) is 85.5 Å². The highest BCUT2D eigenvalue weighted by Crippen LogP contribution is 2.30. The number of carbonyl (C=O) groups is 1. The van der Waals surface area contributed by atoms with Gasteiger partial charge in [-0.2, -0.15) is 5.10 Å². The monoisotopic (exact) mass is 514 g/mol. The molecule has 0 amide bonds. The highest BCUT2D eigenvalue weighted by molar-refractivity contribution is 5.94. The molecule has 5 rings (SSSR count). The van der Waals surface area contributed by atoms with Gasteiger partial charge in [-0.3, -0.25) is 18.6 Å². The molecule has 0 radical (unpaired) electrons. The maximum atomic E-state index is 13.9. The van der Waals surface area contributed by atoms with Crippen molar-refractivity contribution in [2.75, 3.05) is 36.0 Å². The summed E-state index contributed by atoms with van der Waals surface area (Å²) in [5, 5.41) is 4.32. The van der Waals surface area contributed by atoms with E-state index in [1.807, 2.05) is 46.6 Å². The Balaban J connectivity index is 1.47. The van der Waals surface area contributed by atoms with Gasteiger partial charge in [0.2, 0.25) is 0 Å². The molecule has 1 fully saturated rings. The zero-order chi connectivity index (χ0) is 26.8. The lowest BCUT2D eigenvalue weighted by Crippen LogP contribution is -2.46. The van der Waals surface area contributed by atoms with Gasteiger partial charge < -0.3 is 9.80 Å². The van der Waals surface area contributed by atoms with Crippen LogP contribution in [0.15, 0.2) is 59.7 Å². The van der Waals surface area contributed by atoms with Crippen LogP contribution in [0.3, 0.4) is 0 Å². The number of carbonyl (C=O) groups excluding carboxylic acids is 1. The third-order valence-electron chi connectivity index (χ3n) is 7.70. The van der Waals surface area contributed by atoms with Crippen LogP contribution >= 0.6 is 0 Å². The number of nitrogens with zero attached hydrogens (tertiary/aromatic N) is 6. The van der Waals surface area contributed by atoms with E-state index in [2.05, 4.69) is 46.9 Å². The van der Waals surface area contributed by atoms with E-state index in [1.54, 1.807) is 17.8 Å². The SMILES string of the molecule is CCCC(CCC)n1c(=O)n(-c2cnn(C)c2)c2ccc(N3CCN(c4ccc(C(C)=O)cc4)CC3)cc21. The minimum atomic E-state index is 0.0101. The number of fused-ring (bicyclic) bond motifs is 1. The highest BCUT2D eigenvalue weighted by atomic mass is 16.2. The summed E-state index contributed by atoms with van der Waals surface area (Å²) in [6, 6.07) is 14.5. The van der Waals surface area contributed by atoms with Crippen LogP contribution in [0.5, 0.6) is 0 Å². The van der Waals surface area contributed by atoms with Crippen molar-refractivity contribution in [2.45, 2.75) is 52.5 Å². The standard InChI is InChI=1S/C30H38N6O2/c1-5-7-25(8-6-2)35-29-19-26(13-14-28(29)36(30(35)38)27-20-31-32(4)21-27)34-17-15-33(16-18-34)24-11-9-23(10-12-24)22(3)37/h9-14,19-21,25H,5-8,15-18H2,1-4H3. The Kier molecular flexibility index (Phi) is 7.40. The first-order valence-corrected chi connectivity index (χ1v) is 13.8. The molecule has 0 bridgehead atoms. The van der Waals surface area contributed by atoms with Crippen molar-refractivity contribution in [1.82, 2.24) is 18.9 Å². The number of imidazole rings is 1. The van der Waals surface area contributed by atoms with Crippen LogP contribution in [0.1, 0.15) is 62.9 Å². The smallest absolute Gasteiger partial charge is 0.334 e. The molecule has 1 aliphatic rings. The molecule has 0 N–H and O–H groups in total. The molecular formula is C30H38N6O2. The molecule has 1 aliphatic heterocycles. The van der Waals surface area contributed by atoms with Crippen LogP contribution in [0.25, 0.3) is 16.7 Å². The number of rotatable bonds is 9. The average molecular weight is 515 g/mol. The largest absolute Gasteiger partial charge is 0.368 e. The quantitative estimate of drug-likeness (QED) is 0.287. The maximum absolute atomic E-state index is 13.9. The second kappa shape index (κ2) is 10.9. The Bertz CT molecular complexity index is 1460. The average Bonchev–Trinajstić information content (AvgIpc) is 3.47. The molecule has 0 aliphatic carbocycles. The summed E-state index contributed by atoms with van der Waals surface area (Å²) >= 11 is 0. The van der Waals surface area contributed by atoms with Gasteiger partial charge >= 0.3 is 5.69 Å². The number of aryl methyl sites for hydroxylation is 1. The van der Waals surface area contributed by atoms with E-state index in [0.29, 0.717) is 0 Å². The van der Waals surface area contributed by atoms with Crippen LogP contribution in [0.2, 0.25) is 0 Å². The molecule has 2 aromatic heterocycles. The van der Waals surface area contributed by atoms with Crippen LogP contribution in [-0.4, -0.2) is 50.9 Å². The fourth-order valence-electron chi connectivity index (χ4n) is 5.73. The normalized spacial score (nSPS) is 14.1. The van der Waals surface area contributed by atoms with Crippen LogP contribution in [0.4, 0.5) is 11.4 Å². The van der Waals surface area contributed by atoms with E-state index >= 15 is 0 Å². The number of anilines is 2. The Morgan fingerprint density at radius 1 is 0.868 bits per heavy atom. The summed E-state index contributed by atoms with van der Waals surface area (Å²) in [6.45, 7) is 9.55. The van der Waals surface area contributed by atoms with Crippen LogP contribution in [-0.2, 0) is 7.05 Å². The molecule has 8 nitrogen and oxygen atoms in total. The lowest BCUT2D eigenvalue weighted by atomic mass is 10.1. The zero-order valence-corrected chi connectivity index (χ0v) is 22.9. The predicted molar refractivity (Wildman–Crippen MR) is 154 cm³/mol. The molecule has 2 aromatic carbocycles. The summed E-state index contributed by atoms with van der Waals surface area (Å²) in [6.07, 6.45) is 7.68. The number of ketones is 1. The van der Waals surface area contributed by atoms with Gasteiger partial charge in [-0.25, -0.2) is 4.79 Å². The van der Waals surface area contributed by atoms with Crippen LogP contribution in [0, 0.1) is 0 Å². The highest BCUT2D eigenvalue weighted by Gasteiger charge is 2.24. The van der Waals surface area contributed by atoms with E-state index in [1.165, 1.54) is 0 Å². The summed E-state index contributed by atoms with van der Waals surface area (Å²) in [5.41, 5.74) is 5.76. The minimum Gasteiger partial charge on any atom is -0.368 e. The van der Waals surface area contributed by atoms with Gasteiger partial charge in [-0.05, 0) is 62.2 Å². The first kappa shape index (κ1) is 25.8. The van der Waals surface area contributed by atoms with Crippen molar-refractivity contribution in [3.63, 3.8) is 0 Å². The number of Topliss-reactive ketones (excluding diaryl/α,β-unsaturated/α-hetero) is 1. The molecule has 200 valence electrons. The van der Waals surface area contributed by atoms with Crippen molar-refractivity contribution in [3.8, 4) is 5.69 Å². The first-order valence-electron chi connectivity index (χ1n) is 13.8. The Morgan fingerprint density at radius 2 is 1.47 bits per heavy atom. The van der Waals surface area contributed by atoms with E-state index in [4.69, 9.17) is 0 Å². The Hall–Kier alpha value is -3.81. The number of hydrogen-bond donors (Lipinski definition) is 0. The second-order valence-corrected chi connectivity index (χ2v) is 10.3. The lowest BCUT2D eigenvalue weighted by molar-refractivity contribution is 0.101. The minimum absolute atomic E-state index is 0.0101. The summed E-state index contributed by atoms with van der Waals surface area (Å²) < 4.78 is 5.58. The van der Waals surface area contributed by atoms with Gasteiger partial charge in [-0.1, -0.05) is 26.7 Å². The maximum Gasteiger partial charge on any atom is 0.334 e.